The zero-order valence-electron chi connectivity index (χ0n) is 14.5. The molecule has 1 amide bonds. The number of carbonyl (C=O) groups excluding carboxylic acids is 1. The number of carbonyl (C=O) groups is 1. The third-order valence-corrected chi connectivity index (χ3v) is 4.11. The summed E-state index contributed by atoms with van der Waals surface area (Å²) < 4.78 is 5.30. The summed E-state index contributed by atoms with van der Waals surface area (Å²) in [7, 11) is 1.63. The lowest BCUT2D eigenvalue weighted by Crippen LogP contribution is -2.25. The molecule has 0 aliphatic heterocycles. The number of hydrogen-bond acceptors (Lipinski definition) is 4. The Labute approximate surface area is 158 Å². The Hall–Kier alpha value is -2.97. The monoisotopic (exact) mass is 369 g/mol. The van der Waals surface area contributed by atoms with Crippen LogP contribution in [-0.4, -0.2) is 19.6 Å². The maximum Gasteiger partial charge on any atom is 0.263 e. The first-order valence-electron chi connectivity index (χ1n) is 8.13. The highest BCUT2D eigenvalue weighted by molar-refractivity contribution is 6.31. The van der Waals surface area contributed by atoms with Gasteiger partial charge in [0.25, 0.3) is 5.91 Å². The van der Waals surface area contributed by atoms with Crippen molar-refractivity contribution in [3.05, 3.63) is 76.5 Å². The molecule has 0 aromatic heterocycles. The van der Waals surface area contributed by atoms with Gasteiger partial charge in [-0.1, -0.05) is 48.0 Å². The minimum absolute atomic E-state index is 0.0112. The predicted octanol–water partition coefficient (Wildman–Crippen LogP) is 3.20. The van der Waals surface area contributed by atoms with Gasteiger partial charge in [0.2, 0.25) is 0 Å². The van der Waals surface area contributed by atoms with Crippen LogP contribution in [0.15, 0.2) is 60.3 Å². The van der Waals surface area contributed by atoms with Crippen molar-refractivity contribution in [2.75, 3.05) is 13.7 Å². The van der Waals surface area contributed by atoms with E-state index >= 15 is 0 Å². The summed E-state index contributed by atoms with van der Waals surface area (Å²) in [5.74, 6) is 0.369. The van der Waals surface area contributed by atoms with Crippen molar-refractivity contribution < 1.29 is 9.53 Å². The number of benzene rings is 2. The van der Waals surface area contributed by atoms with Crippen LogP contribution in [0.4, 0.5) is 0 Å². The van der Waals surface area contributed by atoms with Gasteiger partial charge in [-0.2, -0.15) is 5.26 Å². The lowest BCUT2D eigenvalue weighted by atomic mass is 10.1. The SMILES string of the molecule is COc1ccccc1CCN/C=C(/C#N)C(=O)NCc1ccccc1Cl. The van der Waals surface area contributed by atoms with E-state index in [4.69, 9.17) is 16.3 Å². The van der Waals surface area contributed by atoms with Gasteiger partial charge < -0.3 is 15.4 Å². The molecule has 6 heteroatoms. The minimum Gasteiger partial charge on any atom is -0.496 e. The van der Waals surface area contributed by atoms with E-state index in [0.29, 0.717) is 18.0 Å². The Morgan fingerprint density at radius 2 is 1.88 bits per heavy atom. The normalized spacial score (nSPS) is 10.7. The molecule has 0 bridgehead atoms. The highest BCUT2D eigenvalue weighted by Gasteiger charge is 2.09. The predicted molar refractivity (Wildman–Crippen MR) is 102 cm³/mol. The second-order valence-electron chi connectivity index (χ2n) is 5.46. The number of rotatable bonds is 8. The van der Waals surface area contributed by atoms with E-state index in [1.54, 1.807) is 13.2 Å². The largest absolute Gasteiger partial charge is 0.496 e. The highest BCUT2D eigenvalue weighted by Crippen LogP contribution is 2.17. The lowest BCUT2D eigenvalue weighted by molar-refractivity contribution is -0.117. The van der Waals surface area contributed by atoms with Crippen molar-refractivity contribution in [2.24, 2.45) is 0 Å². The second-order valence-corrected chi connectivity index (χ2v) is 5.87. The summed E-state index contributed by atoms with van der Waals surface area (Å²) in [5, 5.41) is 15.4. The fraction of sp³-hybridized carbons (Fsp3) is 0.200. The van der Waals surface area contributed by atoms with E-state index in [0.717, 1.165) is 16.9 Å². The van der Waals surface area contributed by atoms with Crippen molar-refractivity contribution in [2.45, 2.75) is 13.0 Å². The quantitative estimate of drug-likeness (QED) is 0.425. The molecule has 2 aromatic carbocycles. The molecule has 0 unspecified atom stereocenters. The summed E-state index contributed by atoms with van der Waals surface area (Å²) in [5.41, 5.74) is 1.86. The van der Waals surface area contributed by atoms with Crippen molar-refractivity contribution in [3.8, 4) is 11.8 Å². The lowest BCUT2D eigenvalue weighted by Gasteiger charge is -2.08. The average molecular weight is 370 g/mol. The van der Waals surface area contributed by atoms with Crippen LogP contribution in [0, 0.1) is 11.3 Å². The van der Waals surface area contributed by atoms with Gasteiger partial charge in [-0.15, -0.1) is 0 Å². The van der Waals surface area contributed by atoms with Gasteiger partial charge in [0.15, 0.2) is 0 Å². The van der Waals surface area contributed by atoms with Gasteiger partial charge in [-0.3, -0.25) is 4.79 Å². The second kappa shape index (κ2) is 10.1. The van der Waals surface area contributed by atoms with Crippen LogP contribution in [0.2, 0.25) is 5.02 Å². The Morgan fingerprint density at radius 1 is 1.19 bits per heavy atom. The summed E-state index contributed by atoms with van der Waals surface area (Å²) in [6, 6.07) is 16.9. The van der Waals surface area contributed by atoms with Crippen molar-refractivity contribution >= 4 is 17.5 Å². The zero-order chi connectivity index (χ0) is 18.8. The van der Waals surface area contributed by atoms with E-state index in [1.807, 2.05) is 48.5 Å². The third kappa shape index (κ3) is 5.54. The molecule has 0 saturated heterocycles. The van der Waals surface area contributed by atoms with E-state index in [-0.39, 0.29) is 12.1 Å². The molecule has 2 rings (SSSR count). The van der Waals surface area contributed by atoms with Gasteiger partial charge in [0.1, 0.15) is 17.4 Å². The highest BCUT2D eigenvalue weighted by atomic mass is 35.5. The van der Waals surface area contributed by atoms with Gasteiger partial charge in [0.05, 0.1) is 7.11 Å². The Morgan fingerprint density at radius 3 is 2.58 bits per heavy atom. The molecule has 0 radical (unpaired) electrons. The molecular formula is C20H20ClN3O2. The van der Waals surface area contributed by atoms with Crippen molar-refractivity contribution in [1.82, 2.24) is 10.6 Å². The number of methoxy groups -OCH3 is 1. The third-order valence-electron chi connectivity index (χ3n) is 3.74. The molecular weight excluding hydrogens is 350 g/mol. The van der Waals surface area contributed by atoms with Gasteiger partial charge in [-0.05, 0) is 29.7 Å². The van der Waals surface area contributed by atoms with Crippen molar-refractivity contribution in [1.29, 1.82) is 5.26 Å². The molecule has 0 heterocycles. The Bertz CT molecular complexity index is 828. The van der Waals surface area contributed by atoms with Gasteiger partial charge >= 0.3 is 0 Å². The maximum absolute atomic E-state index is 12.1. The molecule has 0 aliphatic carbocycles. The fourth-order valence-electron chi connectivity index (χ4n) is 2.35. The van der Waals surface area contributed by atoms with Crippen LogP contribution in [0.25, 0.3) is 0 Å². The number of ether oxygens (including phenoxy) is 1. The molecule has 0 atom stereocenters. The van der Waals surface area contributed by atoms with Crippen molar-refractivity contribution in [3.63, 3.8) is 0 Å². The first-order chi connectivity index (χ1) is 12.7. The molecule has 0 spiro atoms. The molecule has 0 fully saturated rings. The van der Waals surface area contributed by atoms with E-state index in [2.05, 4.69) is 10.6 Å². The molecule has 0 saturated carbocycles. The van der Waals surface area contributed by atoms with E-state index in [9.17, 15) is 10.1 Å². The molecule has 134 valence electrons. The topological polar surface area (TPSA) is 74.1 Å². The number of halogens is 1. The Balaban J connectivity index is 1.86. The standard InChI is InChI=1S/C20H20ClN3O2/c1-26-19-9-5-3-6-15(19)10-11-23-13-17(12-22)20(25)24-14-16-7-2-4-8-18(16)21/h2-9,13,23H,10-11,14H2,1H3,(H,24,25)/b17-13-. The first kappa shape index (κ1) is 19.4. The van der Waals surface area contributed by atoms with Gasteiger partial charge in [0, 0.05) is 24.3 Å². The fourth-order valence-corrected chi connectivity index (χ4v) is 2.55. The van der Waals surface area contributed by atoms with Crippen LogP contribution in [-0.2, 0) is 17.8 Å². The van der Waals surface area contributed by atoms with Crippen LogP contribution >= 0.6 is 11.6 Å². The summed E-state index contributed by atoms with van der Waals surface area (Å²) in [4.78, 5) is 12.1. The van der Waals surface area contributed by atoms with Crippen LogP contribution in [0.3, 0.4) is 0 Å². The number of nitrogens with one attached hydrogen (secondary N) is 2. The maximum atomic E-state index is 12.1. The number of nitriles is 1. The van der Waals surface area contributed by atoms with Crippen LogP contribution < -0.4 is 15.4 Å². The first-order valence-corrected chi connectivity index (χ1v) is 8.50. The van der Waals surface area contributed by atoms with Crippen LogP contribution in [0.5, 0.6) is 5.75 Å². The number of hydrogen-bond donors (Lipinski definition) is 2. The van der Waals surface area contributed by atoms with E-state index < -0.39 is 5.91 Å². The molecule has 2 aromatic rings. The number of amides is 1. The Kier molecular flexibility index (Phi) is 7.53. The number of para-hydroxylation sites is 1. The minimum atomic E-state index is -0.447. The number of nitrogens with zero attached hydrogens (tertiary/aromatic N) is 1. The zero-order valence-corrected chi connectivity index (χ0v) is 15.2. The molecule has 5 nitrogen and oxygen atoms in total. The summed E-state index contributed by atoms with van der Waals surface area (Å²) >= 11 is 6.05. The molecule has 26 heavy (non-hydrogen) atoms. The van der Waals surface area contributed by atoms with Gasteiger partial charge in [-0.25, -0.2) is 0 Å². The summed E-state index contributed by atoms with van der Waals surface area (Å²) in [6.45, 7) is 0.835. The van der Waals surface area contributed by atoms with E-state index in [1.165, 1.54) is 6.20 Å². The average Bonchev–Trinajstić information content (AvgIpc) is 2.67. The van der Waals surface area contributed by atoms with Crippen LogP contribution in [0.1, 0.15) is 11.1 Å². The smallest absolute Gasteiger partial charge is 0.263 e. The molecule has 0 aliphatic rings. The molecule has 2 N–H and O–H groups in total. The summed E-state index contributed by atoms with van der Waals surface area (Å²) in [6.07, 6.45) is 2.14.